The molecule has 0 fully saturated rings. The van der Waals surface area contributed by atoms with E-state index in [9.17, 15) is 4.79 Å². The fourth-order valence-corrected chi connectivity index (χ4v) is 4.17. The zero-order chi connectivity index (χ0) is 23.2. The van der Waals surface area contributed by atoms with E-state index in [1.54, 1.807) is 10.7 Å². The molecule has 0 spiro atoms. The molecule has 0 saturated carbocycles. The standard InChI is InChI=1S/C25H25BrClN5O/c1-17(18-9-3-2-4-10-18)25(33)29-14-8-7-13-28-23-15-22(19-11-5-6-12-21(19)27)31-24-20(26)16-30-32(23)24/h2-6,9-12,15-17,28H,7-8,13-14H2,1H3,(H,29,33). The van der Waals surface area contributed by atoms with E-state index in [0.29, 0.717) is 11.6 Å². The molecule has 0 saturated heterocycles. The van der Waals surface area contributed by atoms with Gasteiger partial charge in [-0.25, -0.2) is 4.98 Å². The van der Waals surface area contributed by atoms with Crippen LogP contribution in [0.3, 0.4) is 0 Å². The third kappa shape index (κ3) is 5.54. The summed E-state index contributed by atoms with van der Waals surface area (Å²) in [5, 5.41) is 11.6. The van der Waals surface area contributed by atoms with Crippen LogP contribution in [0.1, 0.15) is 31.2 Å². The number of halogens is 2. The van der Waals surface area contributed by atoms with Gasteiger partial charge >= 0.3 is 0 Å². The van der Waals surface area contributed by atoms with E-state index in [4.69, 9.17) is 16.6 Å². The average molecular weight is 527 g/mol. The molecular formula is C25H25BrClN5O. The highest BCUT2D eigenvalue weighted by atomic mass is 79.9. The highest BCUT2D eigenvalue weighted by Gasteiger charge is 2.15. The van der Waals surface area contributed by atoms with Gasteiger partial charge in [-0.05, 0) is 47.3 Å². The van der Waals surface area contributed by atoms with Gasteiger partial charge in [0.05, 0.1) is 22.3 Å². The minimum atomic E-state index is -0.157. The van der Waals surface area contributed by atoms with E-state index in [1.165, 1.54) is 0 Å². The fraction of sp³-hybridized carbons (Fsp3) is 0.240. The minimum absolute atomic E-state index is 0.0516. The third-order valence-corrected chi connectivity index (χ3v) is 6.37. The molecule has 2 N–H and O–H groups in total. The Labute approximate surface area is 206 Å². The second kappa shape index (κ2) is 10.8. The highest BCUT2D eigenvalue weighted by Crippen LogP contribution is 2.30. The molecule has 2 aromatic carbocycles. The number of hydrogen-bond donors (Lipinski definition) is 2. The first-order valence-corrected chi connectivity index (χ1v) is 12.1. The summed E-state index contributed by atoms with van der Waals surface area (Å²) in [6, 6.07) is 19.4. The van der Waals surface area contributed by atoms with Gasteiger partial charge in [-0.3, -0.25) is 4.79 Å². The molecule has 0 radical (unpaired) electrons. The van der Waals surface area contributed by atoms with E-state index in [-0.39, 0.29) is 11.8 Å². The Morgan fingerprint density at radius 2 is 1.82 bits per heavy atom. The number of hydrogen-bond acceptors (Lipinski definition) is 4. The third-order valence-electron chi connectivity index (χ3n) is 5.48. The van der Waals surface area contributed by atoms with Crippen LogP contribution in [-0.4, -0.2) is 33.6 Å². The van der Waals surface area contributed by atoms with E-state index >= 15 is 0 Å². The van der Waals surface area contributed by atoms with Gasteiger partial charge in [-0.1, -0.05) is 60.1 Å². The summed E-state index contributed by atoms with van der Waals surface area (Å²) in [6.07, 6.45) is 3.50. The number of rotatable bonds is 9. The summed E-state index contributed by atoms with van der Waals surface area (Å²) >= 11 is 9.92. The van der Waals surface area contributed by atoms with Gasteiger partial charge in [0.25, 0.3) is 0 Å². The van der Waals surface area contributed by atoms with Crippen LogP contribution in [0.25, 0.3) is 16.9 Å². The second-order valence-corrected chi connectivity index (χ2v) is 9.05. The van der Waals surface area contributed by atoms with Gasteiger partial charge in [-0.15, -0.1) is 0 Å². The molecular weight excluding hydrogens is 502 g/mol. The number of nitrogens with zero attached hydrogens (tertiary/aromatic N) is 3. The Bertz CT molecular complexity index is 1240. The maximum absolute atomic E-state index is 12.4. The summed E-state index contributed by atoms with van der Waals surface area (Å²) in [7, 11) is 0. The monoisotopic (exact) mass is 525 g/mol. The van der Waals surface area contributed by atoms with Crippen LogP contribution in [0.4, 0.5) is 5.82 Å². The molecule has 4 rings (SSSR count). The molecule has 2 heterocycles. The first-order chi connectivity index (χ1) is 16.0. The number of unbranched alkanes of at least 4 members (excludes halogenated alkanes) is 1. The van der Waals surface area contributed by atoms with Gasteiger partial charge in [0.15, 0.2) is 5.65 Å². The molecule has 6 nitrogen and oxygen atoms in total. The summed E-state index contributed by atoms with van der Waals surface area (Å²) in [6.45, 7) is 3.31. The van der Waals surface area contributed by atoms with Crippen LogP contribution >= 0.6 is 27.5 Å². The fourth-order valence-electron chi connectivity index (χ4n) is 3.59. The van der Waals surface area contributed by atoms with Crippen molar-refractivity contribution in [1.29, 1.82) is 0 Å². The van der Waals surface area contributed by atoms with Crippen LogP contribution in [0.15, 0.2) is 71.3 Å². The predicted molar refractivity (Wildman–Crippen MR) is 137 cm³/mol. The van der Waals surface area contributed by atoms with Crippen molar-refractivity contribution in [3.05, 3.63) is 81.9 Å². The number of fused-ring (bicyclic) bond motifs is 1. The van der Waals surface area contributed by atoms with Crippen molar-refractivity contribution in [2.75, 3.05) is 18.4 Å². The quantitative estimate of drug-likeness (QED) is 0.265. The van der Waals surface area contributed by atoms with Gasteiger partial charge in [0.2, 0.25) is 5.91 Å². The van der Waals surface area contributed by atoms with Crippen LogP contribution in [0, 0.1) is 0 Å². The topological polar surface area (TPSA) is 71.3 Å². The zero-order valence-electron chi connectivity index (χ0n) is 18.3. The lowest BCUT2D eigenvalue weighted by Gasteiger charge is -2.13. The van der Waals surface area contributed by atoms with Crippen molar-refractivity contribution in [2.45, 2.75) is 25.7 Å². The molecule has 1 unspecified atom stereocenters. The Balaban J connectivity index is 1.34. The van der Waals surface area contributed by atoms with Gasteiger partial charge in [-0.2, -0.15) is 9.61 Å². The zero-order valence-corrected chi connectivity index (χ0v) is 20.6. The molecule has 0 aliphatic carbocycles. The smallest absolute Gasteiger partial charge is 0.227 e. The Morgan fingerprint density at radius 3 is 2.61 bits per heavy atom. The maximum Gasteiger partial charge on any atom is 0.227 e. The predicted octanol–water partition coefficient (Wildman–Crippen LogP) is 5.92. The lowest BCUT2D eigenvalue weighted by molar-refractivity contribution is -0.122. The van der Waals surface area contributed by atoms with Crippen molar-refractivity contribution >= 4 is 44.9 Å². The van der Waals surface area contributed by atoms with Crippen molar-refractivity contribution in [3.63, 3.8) is 0 Å². The number of aromatic nitrogens is 3. The van der Waals surface area contributed by atoms with E-state index in [1.807, 2.05) is 67.6 Å². The van der Waals surface area contributed by atoms with Crippen molar-refractivity contribution in [1.82, 2.24) is 19.9 Å². The van der Waals surface area contributed by atoms with Crippen LogP contribution in [0.5, 0.6) is 0 Å². The SMILES string of the molecule is CC(C(=O)NCCCCNc1cc(-c2ccccc2Cl)nc2c(Br)cnn12)c1ccccc1. The normalized spacial score (nSPS) is 12.0. The first kappa shape index (κ1) is 23.3. The largest absolute Gasteiger partial charge is 0.370 e. The van der Waals surface area contributed by atoms with Crippen LogP contribution in [-0.2, 0) is 4.79 Å². The number of amides is 1. The summed E-state index contributed by atoms with van der Waals surface area (Å²) in [5.74, 6) is 0.731. The number of carbonyl (C=O) groups excluding carboxylic acids is 1. The Morgan fingerprint density at radius 1 is 1.09 bits per heavy atom. The highest BCUT2D eigenvalue weighted by molar-refractivity contribution is 9.10. The van der Waals surface area contributed by atoms with Crippen molar-refractivity contribution in [3.8, 4) is 11.3 Å². The molecule has 0 aliphatic rings. The van der Waals surface area contributed by atoms with E-state index < -0.39 is 0 Å². The van der Waals surface area contributed by atoms with Gasteiger partial charge < -0.3 is 10.6 Å². The molecule has 33 heavy (non-hydrogen) atoms. The van der Waals surface area contributed by atoms with Crippen molar-refractivity contribution < 1.29 is 4.79 Å². The molecule has 1 amide bonds. The number of carbonyl (C=O) groups is 1. The summed E-state index contributed by atoms with van der Waals surface area (Å²) < 4.78 is 2.59. The molecule has 4 aromatic rings. The first-order valence-electron chi connectivity index (χ1n) is 10.9. The van der Waals surface area contributed by atoms with Gasteiger partial charge in [0, 0.05) is 29.7 Å². The second-order valence-electron chi connectivity index (χ2n) is 7.79. The molecule has 8 heteroatoms. The van der Waals surface area contributed by atoms with E-state index in [0.717, 1.165) is 52.1 Å². The molecule has 2 aromatic heterocycles. The van der Waals surface area contributed by atoms with Gasteiger partial charge in [0.1, 0.15) is 5.82 Å². The number of nitrogens with one attached hydrogen (secondary N) is 2. The molecule has 0 bridgehead atoms. The number of anilines is 1. The number of benzene rings is 2. The lowest BCUT2D eigenvalue weighted by atomic mass is 10.0. The average Bonchev–Trinajstić information content (AvgIpc) is 3.22. The van der Waals surface area contributed by atoms with Crippen molar-refractivity contribution in [2.24, 2.45) is 0 Å². The molecule has 170 valence electrons. The Kier molecular flexibility index (Phi) is 7.62. The van der Waals surface area contributed by atoms with E-state index in [2.05, 4.69) is 31.7 Å². The van der Waals surface area contributed by atoms with Crippen LogP contribution in [0.2, 0.25) is 5.02 Å². The maximum atomic E-state index is 12.4. The summed E-state index contributed by atoms with van der Waals surface area (Å²) in [5.41, 5.74) is 3.39. The Hall–Kier alpha value is -2.90. The lowest BCUT2D eigenvalue weighted by Crippen LogP contribution is -2.29. The van der Waals surface area contributed by atoms with Crippen LogP contribution < -0.4 is 10.6 Å². The molecule has 0 aliphatic heterocycles. The summed E-state index contributed by atoms with van der Waals surface area (Å²) in [4.78, 5) is 17.1. The molecule has 1 atom stereocenters. The minimum Gasteiger partial charge on any atom is -0.370 e.